The zero-order valence-corrected chi connectivity index (χ0v) is 21.5. The maximum Gasteiger partial charge on any atom is 0.254 e. The molecule has 3 aromatic heterocycles. The van der Waals surface area contributed by atoms with Gasteiger partial charge in [0.2, 0.25) is 0 Å². The lowest BCUT2D eigenvalue weighted by Crippen LogP contribution is -2.37. The number of amides is 1. The van der Waals surface area contributed by atoms with Crippen LogP contribution in [0.2, 0.25) is 0 Å². The highest BCUT2D eigenvalue weighted by atomic mass is 16.5. The molecule has 0 atom stereocenters. The number of fused-ring (bicyclic) bond motifs is 1. The molecule has 9 nitrogen and oxygen atoms in total. The maximum atomic E-state index is 13.8. The monoisotopic (exact) mass is 495 g/mol. The molecule has 1 aliphatic rings. The third-order valence-electron chi connectivity index (χ3n) is 6.70. The number of pyridine rings is 1. The fourth-order valence-corrected chi connectivity index (χ4v) is 4.92. The van der Waals surface area contributed by atoms with E-state index in [2.05, 4.69) is 26.7 Å². The molecule has 0 N–H and O–H groups in total. The van der Waals surface area contributed by atoms with Crippen LogP contribution in [0.25, 0.3) is 11.3 Å². The molecule has 1 aliphatic heterocycles. The van der Waals surface area contributed by atoms with Crippen molar-refractivity contribution in [3.05, 3.63) is 82.3 Å². The summed E-state index contributed by atoms with van der Waals surface area (Å²) in [5.41, 5.74) is 6.79. The predicted octanol–water partition coefficient (Wildman–Crippen LogP) is 3.81. The summed E-state index contributed by atoms with van der Waals surface area (Å²) < 4.78 is 9.49. The summed E-state index contributed by atoms with van der Waals surface area (Å²) in [5.74, 6) is 1.37. The number of aryl methyl sites for hydroxylation is 3. The van der Waals surface area contributed by atoms with Crippen molar-refractivity contribution in [1.82, 2.24) is 29.2 Å². The number of imidazole rings is 1. The van der Waals surface area contributed by atoms with Gasteiger partial charge in [0.25, 0.3) is 5.91 Å². The summed E-state index contributed by atoms with van der Waals surface area (Å²) in [5, 5.41) is 14.1. The van der Waals surface area contributed by atoms with E-state index in [1.807, 2.05) is 55.9 Å². The molecule has 1 amide bonds. The third-order valence-corrected chi connectivity index (χ3v) is 6.70. The maximum absolute atomic E-state index is 13.8. The number of nitriles is 1. The molecule has 0 bridgehead atoms. The molecule has 1 aromatic carbocycles. The van der Waals surface area contributed by atoms with Crippen LogP contribution in [0.5, 0.6) is 5.75 Å². The molecule has 9 heteroatoms. The molecule has 0 aliphatic carbocycles. The summed E-state index contributed by atoms with van der Waals surface area (Å²) in [4.78, 5) is 24.4. The highest BCUT2D eigenvalue weighted by Gasteiger charge is 2.29. The Morgan fingerprint density at radius 2 is 1.95 bits per heavy atom. The minimum Gasteiger partial charge on any atom is -0.492 e. The molecule has 188 valence electrons. The van der Waals surface area contributed by atoms with Gasteiger partial charge in [-0.1, -0.05) is 0 Å². The second-order valence-electron chi connectivity index (χ2n) is 9.30. The molecule has 0 saturated carbocycles. The molecule has 0 unspecified atom stereocenters. The number of carbonyl (C=O) groups is 1. The highest BCUT2D eigenvalue weighted by Crippen LogP contribution is 2.34. The fraction of sp³-hybridized carbons (Fsp3) is 0.321. The summed E-state index contributed by atoms with van der Waals surface area (Å²) in [6, 6.07) is 8.03. The first-order valence-corrected chi connectivity index (χ1v) is 12.3. The molecule has 0 spiro atoms. The number of aromatic nitrogens is 5. The average molecular weight is 496 g/mol. The highest BCUT2D eigenvalue weighted by molar-refractivity contribution is 5.99. The van der Waals surface area contributed by atoms with Gasteiger partial charge in [-0.2, -0.15) is 10.4 Å². The van der Waals surface area contributed by atoms with E-state index in [0.29, 0.717) is 55.2 Å². The Labute approximate surface area is 216 Å². The van der Waals surface area contributed by atoms with Crippen LogP contribution in [0.1, 0.15) is 51.1 Å². The van der Waals surface area contributed by atoms with Gasteiger partial charge in [0.05, 0.1) is 24.5 Å². The molecule has 0 saturated heterocycles. The second kappa shape index (κ2) is 9.90. The Morgan fingerprint density at radius 1 is 1.14 bits per heavy atom. The van der Waals surface area contributed by atoms with Crippen LogP contribution in [0, 0.1) is 25.2 Å². The Kier molecular flexibility index (Phi) is 6.49. The van der Waals surface area contributed by atoms with Crippen LogP contribution in [0.15, 0.2) is 43.0 Å². The van der Waals surface area contributed by atoms with E-state index in [1.165, 1.54) is 6.20 Å². The van der Waals surface area contributed by atoms with Gasteiger partial charge < -0.3 is 14.2 Å². The Balaban J connectivity index is 1.53. The Hall–Kier alpha value is -4.45. The average Bonchev–Trinajstić information content (AvgIpc) is 3.44. The largest absolute Gasteiger partial charge is 0.492 e. The van der Waals surface area contributed by atoms with Crippen molar-refractivity contribution in [2.24, 2.45) is 7.05 Å². The zero-order valence-electron chi connectivity index (χ0n) is 21.5. The van der Waals surface area contributed by atoms with E-state index in [-0.39, 0.29) is 5.91 Å². The number of benzene rings is 1. The number of nitrogens with zero attached hydrogens (tertiary/aromatic N) is 7. The first-order valence-electron chi connectivity index (χ1n) is 12.3. The van der Waals surface area contributed by atoms with Gasteiger partial charge in [-0.05, 0) is 56.0 Å². The minimum atomic E-state index is -0.0376. The van der Waals surface area contributed by atoms with Crippen molar-refractivity contribution < 1.29 is 9.53 Å². The Morgan fingerprint density at radius 3 is 2.62 bits per heavy atom. The van der Waals surface area contributed by atoms with Crippen molar-refractivity contribution in [1.29, 1.82) is 5.26 Å². The zero-order chi connectivity index (χ0) is 26.1. The molecule has 0 radical (unpaired) electrons. The van der Waals surface area contributed by atoms with Crippen LogP contribution in [-0.2, 0) is 26.6 Å². The lowest BCUT2D eigenvalue weighted by molar-refractivity contribution is 0.0724. The lowest BCUT2D eigenvalue weighted by Gasteiger charge is -2.30. The molecular formula is C28H29N7O2. The van der Waals surface area contributed by atoms with E-state index in [9.17, 15) is 10.1 Å². The van der Waals surface area contributed by atoms with Gasteiger partial charge in [0.15, 0.2) is 0 Å². The molecule has 0 fully saturated rings. The SMILES string of the molecule is CCOc1cc(CN2CCc3c(cc(Cn4ccnc4C)cc3-c3nn(C)cc3C)C2=O)ncc1C#N. The standard InChI is InChI=1S/C28H29N7O2/c1-5-37-26-12-22(31-14-21(26)13-29)17-35-8-6-23-24(27-18(2)15-33(4)32-27)10-20(11-25(23)28(35)36)16-34-9-7-30-19(34)3/h7,9-12,14-15H,5-6,8,16-17H2,1-4H3. The van der Waals surface area contributed by atoms with Gasteiger partial charge in [-0.15, -0.1) is 0 Å². The number of hydrogen-bond donors (Lipinski definition) is 0. The van der Waals surface area contributed by atoms with E-state index < -0.39 is 0 Å². The lowest BCUT2D eigenvalue weighted by atomic mass is 9.89. The van der Waals surface area contributed by atoms with Crippen molar-refractivity contribution in [3.63, 3.8) is 0 Å². The number of hydrogen-bond acceptors (Lipinski definition) is 6. The van der Waals surface area contributed by atoms with Crippen molar-refractivity contribution >= 4 is 5.91 Å². The summed E-state index contributed by atoms with van der Waals surface area (Å²) in [7, 11) is 1.91. The number of carbonyl (C=O) groups excluding carboxylic acids is 1. The molecular weight excluding hydrogens is 466 g/mol. The normalized spacial score (nSPS) is 12.9. The van der Waals surface area contributed by atoms with Gasteiger partial charge in [0, 0.05) is 62.1 Å². The van der Waals surface area contributed by atoms with Crippen LogP contribution < -0.4 is 4.74 Å². The van der Waals surface area contributed by atoms with Crippen LogP contribution in [0.3, 0.4) is 0 Å². The molecule has 5 rings (SSSR count). The minimum absolute atomic E-state index is 0.0376. The first kappa shape index (κ1) is 24.3. The number of ether oxygens (including phenoxy) is 1. The smallest absolute Gasteiger partial charge is 0.254 e. The second-order valence-corrected chi connectivity index (χ2v) is 9.30. The van der Waals surface area contributed by atoms with Crippen molar-refractivity contribution in [2.45, 2.75) is 40.3 Å². The Bertz CT molecular complexity index is 1530. The van der Waals surface area contributed by atoms with Gasteiger partial charge in [-0.25, -0.2) is 4.98 Å². The van der Waals surface area contributed by atoms with Crippen LogP contribution in [0.4, 0.5) is 0 Å². The third kappa shape index (κ3) is 4.70. The van der Waals surface area contributed by atoms with Gasteiger partial charge >= 0.3 is 0 Å². The number of rotatable bonds is 7. The quantitative estimate of drug-likeness (QED) is 0.386. The molecule has 4 aromatic rings. The van der Waals surface area contributed by atoms with E-state index >= 15 is 0 Å². The van der Waals surface area contributed by atoms with E-state index in [4.69, 9.17) is 9.84 Å². The molecule has 4 heterocycles. The van der Waals surface area contributed by atoms with Crippen molar-refractivity contribution in [3.8, 4) is 23.1 Å². The summed E-state index contributed by atoms with van der Waals surface area (Å²) in [6.45, 7) is 7.85. The van der Waals surface area contributed by atoms with E-state index in [1.54, 1.807) is 12.3 Å². The topological polar surface area (TPSA) is 102 Å². The van der Waals surface area contributed by atoms with Gasteiger partial charge in [0.1, 0.15) is 23.2 Å². The van der Waals surface area contributed by atoms with Crippen LogP contribution in [-0.4, -0.2) is 48.3 Å². The first-order chi connectivity index (χ1) is 17.9. The fourth-order valence-electron chi connectivity index (χ4n) is 4.92. The van der Waals surface area contributed by atoms with Crippen molar-refractivity contribution in [2.75, 3.05) is 13.2 Å². The summed E-state index contributed by atoms with van der Waals surface area (Å²) in [6.07, 6.45) is 7.95. The molecule has 37 heavy (non-hydrogen) atoms. The predicted molar refractivity (Wildman–Crippen MR) is 138 cm³/mol. The van der Waals surface area contributed by atoms with Crippen LogP contribution >= 0.6 is 0 Å². The summed E-state index contributed by atoms with van der Waals surface area (Å²) >= 11 is 0. The van der Waals surface area contributed by atoms with E-state index in [0.717, 1.165) is 33.8 Å². The van der Waals surface area contributed by atoms with Gasteiger partial charge in [-0.3, -0.25) is 14.5 Å².